The highest BCUT2D eigenvalue weighted by Gasteiger charge is 2.24. The summed E-state index contributed by atoms with van der Waals surface area (Å²) < 4.78 is 32.3. The smallest absolute Gasteiger partial charge is 0.407 e. The quantitative estimate of drug-likeness (QED) is 0.320. The molecule has 0 bridgehead atoms. The first-order chi connectivity index (χ1) is 17.7. The highest BCUT2D eigenvalue weighted by atomic mass is 35.5. The van der Waals surface area contributed by atoms with E-state index in [1.54, 1.807) is 37.3 Å². The number of nitrogens with zero attached hydrogens (tertiary/aromatic N) is 4. The summed E-state index contributed by atoms with van der Waals surface area (Å²) in [5.41, 5.74) is 1.44. The molecule has 2 aromatic carbocycles. The highest BCUT2D eigenvalue weighted by Crippen LogP contribution is 2.25. The summed E-state index contributed by atoms with van der Waals surface area (Å²) in [5, 5.41) is 15.2. The lowest BCUT2D eigenvalue weighted by atomic mass is 10.1. The topological polar surface area (TPSA) is 145 Å². The normalized spacial score (nSPS) is 12.2. The Bertz CT molecular complexity index is 1300. The van der Waals surface area contributed by atoms with Gasteiger partial charge in [0.1, 0.15) is 13.2 Å². The van der Waals surface area contributed by atoms with Gasteiger partial charge in [-0.1, -0.05) is 66.5 Å². The Morgan fingerprint density at radius 2 is 1.78 bits per heavy atom. The van der Waals surface area contributed by atoms with Crippen LogP contribution in [0.3, 0.4) is 0 Å². The van der Waals surface area contributed by atoms with Crippen molar-refractivity contribution >= 4 is 45.1 Å². The Morgan fingerprint density at radius 3 is 2.46 bits per heavy atom. The molecule has 3 aromatic rings. The molecule has 0 spiro atoms. The molecule has 198 valence electrons. The van der Waals surface area contributed by atoms with Gasteiger partial charge in [0.15, 0.2) is 11.6 Å². The summed E-state index contributed by atoms with van der Waals surface area (Å²) in [7, 11) is -3.87. The van der Waals surface area contributed by atoms with Gasteiger partial charge in [-0.3, -0.25) is 4.79 Å². The Kier molecular flexibility index (Phi) is 10.4. The van der Waals surface area contributed by atoms with Crippen molar-refractivity contribution in [2.24, 2.45) is 0 Å². The molecule has 3 rings (SSSR count). The van der Waals surface area contributed by atoms with E-state index in [9.17, 15) is 18.0 Å². The molecule has 11 nitrogen and oxygen atoms in total. The molecule has 2 N–H and O–H groups in total. The van der Waals surface area contributed by atoms with Crippen molar-refractivity contribution < 1.29 is 22.7 Å². The fourth-order valence-corrected chi connectivity index (χ4v) is 4.99. The van der Waals surface area contributed by atoms with Gasteiger partial charge in [0, 0.05) is 23.0 Å². The van der Waals surface area contributed by atoms with Gasteiger partial charge in [0.25, 0.3) is 0 Å². The van der Waals surface area contributed by atoms with E-state index in [1.165, 1.54) is 0 Å². The van der Waals surface area contributed by atoms with Gasteiger partial charge in [-0.25, -0.2) is 17.9 Å². The molecule has 1 aromatic heterocycles. The molecular weight excluding hydrogens is 543 g/mol. The highest BCUT2D eigenvalue weighted by molar-refractivity contribution is 7.89. The van der Waals surface area contributed by atoms with Crippen LogP contribution in [0.15, 0.2) is 48.5 Å². The molecule has 1 heterocycles. The number of halogens is 2. The minimum atomic E-state index is -3.87. The zero-order valence-corrected chi connectivity index (χ0v) is 22.3. The van der Waals surface area contributed by atoms with Crippen LogP contribution >= 0.6 is 23.2 Å². The lowest BCUT2D eigenvalue weighted by molar-refractivity contribution is -0.121. The summed E-state index contributed by atoms with van der Waals surface area (Å²) >= 11 is 12.3. The molecule has 1 amide bonds. The molecule has 0 saturated carbocycles. The first-order valence-corrected chi connectivity index (χ1v) is 13.7. The molecule has 37 heavy (non-hydrogen) atoms. The predicted octanol–water partition coefficient (Wildman–Crippen LogP) is 2.76. The Balaban J connectivity index is 1.46. The number of hydrogen-bond donors (Lipinski definition) is 2. The first kappa shape index (κ1) is 28.5. The van der Waals surface area contributed by atoms with E-state index < -0.39 is 33.7 Å². The van der Waals surface area contributed by atoms with Crippen LogP contribution in [0.2, 0.25) is 10.0 Å². The van der Waals surface area contributed by atoms with Crippen LogP contribution in [-0.2, 0) is 39.1 Å². The zero-order chi connectivity index (χ0) is 26.8. The van der Waals surface area contributed by atoms with Crippen molar-refractivity contribution in [2.45, 2.75) is 39.0 Å². The van der Waals surface area contributed by atoms with Crippen molar-refractivity contribution in [3.8, 4) is 0 Å². The van der Waals surface area contributed by atoms with Crippen LogP contribution in [0.1, 0.15) is 30.3 Å². The van der Waals surface area contributed by atoms with Gasteiger partial charge in [-0.05, 0) is 34.9 Å². The van der Waals surface area contributed by atoms with Gasteiger partial charge >= 0.3 is 6.09 Å². The number of amides is 1. The van der Waals surface area contributed by atoms with Gasteiger partial charge in [-0.2, -0.15) is 4.80 Å². The minimum Gasteiger partial charge on any atom is -0.445 e. The maximum absolute atomic E-state index is 12.7. The maximum atomic E-state index is 12.7. The molecule has 0 aliphatic carbocycles. The lowest BCUT2D eigenvalue weighted by Crippen LogP contribution is -2.44. The third kappa shape index (κ3) is 9.08. The van der Waals surface area contributed by atoms with Crippen LogP contribution < -0.4 is 10.0 Å². The van der Waals surface area contributed by atoms with Crippen LogP contribution in [-0.4, -0.2) is 58.8 Å². The fourth-order valence-electron chi connectivity index (χ4n) is 3.24. The zero-order valence-electron chi connectivity index (χ0n) is 19.9. The first-order valence-electron chi connectivity index (χ1n) is 11.3. The number of sulfonamides is 1. The van der Waals surface area contributed by atoms with E-state index in [-0.39, 0.29) is 32.5 Å². The van der Waals surface area contributed by atoms with Gasteiger partial charge in [0.2, 0.25) is 10.0 Å². The van der Waals surface area contributed by atoms with Crippen molar-refractivity contribution in [3.05, 3.63) is 75.5 Å². The maximum Gasteiger partial charge on any atom is 0.407 e. The second-order valence-corrected chi connectivity index (χ2v) is 10.7. The monoisotopic (exact) mass is 568 g/mol. The van der Waals surface area contributed by atoms with Crippen molar-refractivity contribution in [1.82, 2.24) is 30.2 Å². The largest absolute Gasteiger partial charge is 0.445 e. The summed E-state index contributed by atoms with van der Waals surface area (Å²) in [4.78, 5) is 25.6. The standard InChI is InChI=1S/C23H26Cl2N6O5S/c1-2-20(29-37(34,35)12-11-26-23(33)36-15-16-7-4-3-5-8-16)21(32)14-31-28-22(27-30-31)13-17-18(24)9-6-10-19(17)25/h3-10,20,29H,2,11-15H2,1H3,(H,26,33). The number of rotatable bonds is 13. The number of carbonyl (C=O) groups is 2. The third-order valence-corrected chi connectivity index (χ3v) is 7.25. The van der Waals surface area contributed by atoms with Gasteiger partial charge in [0.05, 0.1) is 11.8 Å². The number of nitrogens with one attached hydrogen (secondary N) is 2. The second kappa shape index (κ2) is 13.5. The average Bonchev–Trinajstić information content (AvgIpc) is 3.31. The number of ketones is 1. The number of hydrogen-bond acceptors (Lipinski definition) is 8. The average molecular weight is 569 g/mol. The Morgan fingerprint density at radius 1 is 1.08 bits per heavy atom. The molecule has 1 unspecified atom stereocenters. The molecule has 0 aliphatic heterocycles. The number of carbonyl (C=O) groups excluding carboxylic acids is 2. The van der Waals surface area contributed by atoms with E-state index in [0.717, 1.165) is 10.4 Å². The number of ether oxygens (including phenoxy) is 1. The predicted molar refractivity (Wildman–Crippen MR) is 138 cm³/mol. The van der Waals surface area contributed by atoms with E-state index in [1.807, 2.05) is 18.2 Å². The number of Topliss-reactive ketones (excluding diaryl/α,β-unsaturated/α-hetero) is 1. The molecule has 0 saturated heterocycles. The van der Waals surface area contributed by atoms with E-state index in [0.29, 0.717) is 21.4 Å². The second-order valence-electron chi connectivity index (χ2n) is 7.97. The van der Waals surface area contributed by atoms with E-state index >= 15 is 0 Å². The fraction of sp³-hybridized carbons (Fsp3) is 0.348. The summed E-state index contributed by atoms with van der Waals surface area (Å²) in [6.45, 7) is 1.26. The van der Waals surface area contributed by atoms with Crippen molar-refractivity contribution in [1.29, 1.82) is 0 Å². The van der Waals surface area contributed by atoms with Gasteiger partial charge < -0.3 is 10.1 Å². The minimum absolute atomic E-state index is 0.0630. The van der Waals surface area contributed by atoms with E-state index in [2.05, 4.69) is 25.4 Å². The molecule has 0 fully saturated rings. The number of alkyl carbamates (subject to hydrolysis) is 1. The van der Waals surface area contributed by atoms with Crippen molar-refractivity contribution in [3.63, 3.8) is 0 Å². The third-order valence-electron chi connectivity index (χ3n) is 5.16. The van der Waals surface area contributed by atoms with Crippen LogP contribution in [0.25, 0.3) is 0 Å². The molecular formula is C23H26Cl2N6O5S. The van der Waals surface area contributed by atoms with Crippen LogP contribution in [0.5, 0.6) is 0 Å². The molecule has 1 atom stereocenters. The Hall–Kier alpha value is -3.06. The van der Waals surface area contributed by atoms with Gasteiger partial charge in [-0.15, -0.1) is 10.2 Å². The summed E-state index contributed by atoms with van der Waals surface area (Å²) in [6.07, 6.45) is -0.313. The SMILES string of the molecule is CCC(NS(=O)(=O)CCNC(=O)OCc1ccccc1)C(=O)Cn1nnc(Cc2c(Cl)cccc2Cl)n1. The van der Waals surface area contributed by atoms with E-state index in [4.69, 9.17) is 27.9 Å². The summed E-state index contributed by atoms with van der Waals surface area (Å²) in [6, 6.07) is 13.2. The molecule has 0 radical (unpaired) electrons. The molecule has 0 aliphatic rings. The van der Waals surface area contributed by atoms with Crippen LogP contribution in [0.4, 0.5) is 4.79 Å². The Labute approximate surface area is 224 Å². The number of tetrazole rings is 1. The van der Waals surface area contributed by atoms with Crippen molar-refractivity contribution in [2.75, 3.05) is 12.3 Å². The summed E-state index contributed by atoms with van der Waals surface area (Å²) in [5.74, 6) is -0.565. The van der Waals surface area contributed by atoms with Crippen LogP contribution in [0, 0.1) is 0 Å². The number of benzene rings is 2. The lowest BCUT2D eigenvalue weighted by Gasteiger charge is -2.16. The number of aromatic nitrogens is 4. The molecule has 14 heteroatoms.